The summed E-state index contributed by atoms with van der Waals surface area (Å²) in [5.74, 6) is -11.0. The molecule has 0 spiro atoms. The highest BCUT2D eigenvalue weighted by Crippen LogP contribution is 2.46. The van der Waals surface area contributed by atoms with Crippen LogP contribution < -0.4 is 46.9 Å². The van der Waals surface area contributed by atoms with Gasteiger partial charge in [0.1, 0.15) is 57.8 Å². The summed E-state index contributed by atoms with van der Waals surface area (Å²) in [4.78, 5) is 44.2. The number of carbonyl (C=O) groups excluding carboxylic acids is 1. The van der Waals surface area contributed by atoms with Crippen LogP contribution in [-0.4, -0.2) is 117 Å². The number of ether oxygens (including phenoxy) is 4. The van der Waals surface area contributed by atoms with Gasteiger partial charge in [0.25, 0.3) is 20.0 Å². The second kappa shape index (κ2) is 43.0. The molecule has 0 fully saturated rings. The van der Waals surface area contributed by atoms with Gasteiger partial charge in [-0.15, -0.1) is 0 Å². The number of H-pyrrole nitrogens is 2. The zero-order valence-corrected chi connectivity index (χ0v) is 77.5. The largest absolute Gasteiger partial charge is 0.493 e. The Bertz CT molecular complexity index is 8170. The molecule has 0 aliphatic rings. The number of hydrogen-bond acceptors (Lipinski definition) is 19. The molecule has 18 rings (SSSR count). The van der Waals surface area contributed by atoms with E-state index in [1.165, 1.54) is 150 Å². The first kappa shape index (κ1) is 102. The second-order valence-electron chi connectivity index (χ2n) is 30.5. The summed E-state index contributed by atoms with van der Waals surface area (Å²) < 4.78 is 244. The average Bonchev–Trinajstić information content (AvgIpc) is 1.59. The normalized spacial score (nSPS) is 11.1. The first-order valence-corrected chi connectivity index (χ1v) is 44.8. The highest BCUT2D eigenvalue weighted by atomic mass is 79.9. The molecule has 41 heteroatoms. The average molecular weight is 2040 g/mol. The minimum Gasteiger partial charge on any atom is -0.493 e. The van der Waals surface area contributed by atoms with Crippen molar-refractivity contribution in [2.45, 2.75) is 23.6 Å². The molecule has 0 aliphatic carbocycles. The third-order valence-electron chi connectivity index (χ3n) is 21.3. The van der Waals surface area contributed by atoms with Crippen molar-refractivity contribution in [3.8, 4) is 101 Å². The van der Waals surface area contributed by atoms with Crippen LogP contribution in [0, 0.1) is 83.7 Å². The van der Waals surface area contributed by atoms with E-state index in [1.807, 2.05) is 13.8 Å². The molecule has 18 aromatic rings. The number of nitrogen functional groups attached to an aromatic ring is 3. The number of carboxylic acids is 1. The molecule has 0 radical (unpaired) electrons. The van der Waals surface area contributed by atoms with Crippen molar-refractivity contribution in [3.63, 3.8) is 0 Å². The van der Waals surface area contributed by atoms with Gasteiger partial charge in [-0.1, -0.05) is 72.8 Å². The van der Waals surface area contributed by atoms with Gasteiger partial charge < -0.3 is 66.6 Å². The number of rotatable bonds is 19. The number of amides is 1. The van der Waals surface area contributed by atoms with Crippen LogP contribution in [0.1, 0.15) is 11.1 Å². The number of aromatic amines is 2. The molecule has 1 amide bonds. The molecule has 0 saturated carbocycles. The maximum absolute atomic E-state index is 14.6. The molecule has 0 aliphatic heterocycles. The number of benzene rings is 10. The molecule has 0 bridgehead atoms. The third kappa shape index (κ3) is 22.4. The monoisotopic (exact) mass is 2030 g/mol. The van der Waals surface area contributed by atoms with E-state index in [4.69, 9.17) is 51.3 Å². The van der Waals surface area contributed by atoms with Gasteiger partial charge in [0.15, 0.2) is 57.6 Å². The number of methoxy groups -OCH3 is 4. The van der Waals surface area contributed by atoms with E-state index >= 15 is 0 Å². The van der Waals surface area contributed by atoms with E-state index in [-0.39, 0.29) is 111 Å². The fourth-order valence-electron chi connectivity index (χ4n) is 14.5. The number of nitrogens with zero attached hydrogens (tertiary/aromatic N) is 6. The summed E-state index contributed by atoms with van der Waals surface area (Å²) in [7, 11) is -4.64. The number of carboxylic acid groups (broad SMARTS) is 1. The number of pyridine rings is 4. The van der Waals surface area contributed by atoms with Crippen molar-refractivity contribution in [3.05, 3.63) is 354 Å². The Morgan fingerprint density at radius 3 is 1.09 bits per heavy atom. The number of nitrogens with one attached hydrogen (secondary N) is 3. The van der Waals surface area contributed by atoms with Crippen LogP contribution in [0.3, 0.4) is 0 Å². The van der Waals surface area contributed by atoms with Crippen LogP contribution in [0.5, 0.6) is 23.0 Å². The van der Waals surface area contributed by atoms with Gasteiger partial charge in [0.05, 0.1) is 61.0 Å². The van der Waals surface area contributed by atoms with Crippen molar-refractivity contribution in [2.24, 2.45) is 0 Å². The quantitative estimate of drug-likeness (QED) is 0.0157. The summed E-state index contributed by atoms with van der Waals surface area (Å²) in [5.41, 5.74) is 25.1. The minimum atomic E-state index is -4.14. The van der Waals surface area contributed by atoms with Gasteiger partial charge in [-0.25, -0.2) is 102 Å². The Hall–Kier alpha value is -16.5. The molecule has 25 nitrogen and oxygen atoms in total. The zero-order valence-electron chi connectivity index (χ0n) is 74.3. The number of anilines is 4. The van der Waals surface area contributed by atoms with Gasteiger partial charge in [-0.05, 0) is 179 Å². The maximum atomic E-state index is 14.6. The smallest absolute Gasteiger partial charge is 0.488 e. The lowest BCUT2D eigenvalue weighted by Crippen LogP contribution is -2.30. The van der Waals surface area contributed by atoms with E-state index < -0.39 is 109 Å². The van der Waals surface area contributed by atoms with Crippen molar-refractivity contribution in [2.75, 3.05) is 51.0 Å². The Morgan fingerprint density at radius 1 is 0.404 bits per heavy atom. The van der Waals surface area contributed by atoms with Gasteiger partial charge in [0.2, 0.25) is 5.91 Å². The number of aliphatic carboxylic acids is 1. The topological polar surface area (TPSA) is 383 Å². The van der Waals surface area contributed by atoms with Crippen LogP contribution in [0.25, 0.3) is 122 Å². The number of hydrogen-bond donors (Lipinski definition) is 9. The molecule has 141 heavy (non-hydrogen) atoms. The highest BCUT2D eigenvalue weighted by molar-refractivity contribution is 9.10. The Morgan fingerprint density at radius 2 is 0.738 bits per heavy atom. The summed E-state index contributed by atoms with van der Waals surface area (Å²) in [6.45, 7) is 9.99. The van der Waals surface area contributed by atoms with Crippen LogP contribution in [0.2, 0.25) is 0 Å². The maximum Gasteiger partial charge on any atom is 0.488 e. The third-order valence-corrected chi connectivity index (χ3v) is 25.1. The second-order valence-corrected chi connectivity index (χ2v) is 35.1. The zero-order chi connectivity index (χ0) is 102. The van der Waals surface area contributed by atoms with Gasteiger partial charge in [0, 0.05) is 167 Å². The number of aromatic nitrogens is 8. The SMILES string of the molecule is C=CC(=O)Nc1cc(-c2cnc3[nH]cc(-c4cc(F)cc(F)c4OC)c3c2)ccc1F.C=CC(=O)O.COc1c(F)cc(F)cc1-c1c[nH]c2ncc(-c3ccc(F)c(N)c3)cc12.COc1c(F)cc(F)cc1-c1cn(S(=O)(=O)c2ccc(C)cc2)c2ncc(-c3ccc(F)c(N)c3)cc12.COc1c(F)cc(F)cc1-c1cn(S(=O)(=O)c2ccc(C)cc2)c2ncc(Br)cc12.Nc1cc(B(O)O)ccc1F. The summed E-state index contributed by atoms with van der Waals surface area (Å²) >= 11 is 3.32. The van der Waals surface area contributed by atoms with Crippen LogP contribution in [0.15, 0.2) is 283 Å². The molecule has 12 N–H and O–H groups in total. The van der Waals surface area contributed by atoms with E-state index in [0.29, 0.717) is 88.6 Å². The first-order chi connectivity index (χ1) is 67.1. The molecule has 720 valence electrons. The molecular formula is C100H76BBrF12N12O13S2. The fraction of sp³-hybridized carbons (Fsp3) is 0.0600. The van der Waals surface area contributed by atoms with E-state index in [1.54, 1.807) is 79.4 Å². The number of nitrogens with two attached hydrogens (primary N) is 3. The molecule has 8 aromatic heterocycles. The van der Waals surface area contributed by atoms with Crippen LogP contribution >= 0.6 is 15.9 Å². The fourth-order valence-corrected chi connectivity index (χ4v) is 17.5. The summed E-state index contributed by atoms with van der Waals surface area (Å²) in [6, 6.07) is 43.1. The van der Waals surface area contributed by atoms with Gasteiger partial charge in [-0.3, -0.25) is 4.79 Å². The van der Waals surface area contributed by atoms with E-state index in [0.717, 1.165) is 61.6 Å². The number of carbonyl (C=O) groups is 2. The van der Waals surface area contributed by atoms with Gasteiger partial charge >= 0.3 is 13.1 Å². The van der Waals surface area contributed by atoms with Crippen molar-refractivity contribution in [1.29, 1.82) is 0 Å². The lowest BCUT2D eigenvalue weighted by atomic mass is 9.80. The molecule has 0 atom stereocenters. The van der Waals surface area contributed by atoms with Crippen molar-refractivity contribution < 1.29 is 113 Å². The standard InChI is InChI=1S/C27H20F3N3O3S.C23H16F3N3O2.C21H15BrF2N2O3S.C20H14F3N3O.C6H7BFNO2.C3H4O2/c1-15-3-6-19(7-4-15)37(34,35)33-14-22(20-11-18(28)12-24(30)26(20)36-2)21-9-17(13-32-27(21)33)16-5-8-23(29)25(31)10-16;1-3-21(30)29-20-7-12(4-5-18(20)25)13-6-16-17(11-28-23(16)27-10-13)15-8-14(24)9-19(26)22(15)31-2;1-12-3-5-15(6-4-12)30(27,28)26-11-18(17-7-13(22)10-25-21(17)26)16-8-14(23)9-19(24)20(16)29-2;1-27-19-13(6-12(21)7-17(19)23)15-9-26-20-14(15)4-11(8-25-20)10-2-3-16(22)18(24)5-10;8-5-2-1-4(7(10)11)3-6(5)9;1-2-3(4)5/h3-14H,31H2,1-2H3;3-11H,1H2,2H3,(H,27,28)(H,29,30);3-11H,1-2H3;2-9H,24H2,1H3,(H,25,26);1-3,10-11H,9H2;2H,1H2,(H,4,5). The van der Waals surface area contributed by atoms with Crippen molar-refractivity contribution in [1.82, 2.24) is 37.8 Å². The summed E-state index contributed by atoms with van der Waals surface area (Å²) in [6.07, 6.45) is 13.7. The van der Waals surface area contributed by atoms with Crippen LogP contribution in [0.4, 0.5) is 75.4 Å². The molecule has 10 aromatic carbocycles. The lowest BCUT2D eigenvalue weighted by Gasteiger charge is -2.10. The molecule has 0 saturated heterocycles. The van der Waals surface area contributed by atoms with Crippen molar-refractivity contribution >= 4 is 127 Å². The molecular weight excluding hydrogens is 1960 g/mol. The predicted molar refractivity (Wildman–Crippen MR) is 517 cm³/mol. The number of fused-ring (bicyclic) bond motifs is 4. The molecule has 8 heterocycles. The lowest BCUT2D eigenvalue weighted by molar-refractivity contribution is -0.131. The number of aryl methyl sites for hydroxylation is 2. The minimum absolute atomic E-state index is 0.000395. The summed E-state index contributed by atoms with van der Waals surface area (Å²) in [5, 5.41) is 29.1. The number of halogens is 13. The van der Waals surface area contributed by atoms with E-state index in [2.05, 4.69) is 64.3 Å². The van der Waals surface area contributed by atoms with E-state index in [9.17, 15) is 79.1 Å². The Kier molecular flexibility index (Phi) is 31.1. The highest BCUT2D eigenvalue weighted by Gasteiger charge is 2.30. The molecule has 0 unspecified atom stereocenters. The first-order valence-electron chi connectivity index (χ1n) is 41.1. The Labute approximate surface area is 803 Å². The predicted octanol–water partition coefficient (Wildman–Crippen LogP) is 20.9. The van der Waals surface area contributed by atoms with Gasteiger partial charge in [-0.2, -0.15) is 0 Å². The van der Waals surface area contributed by atoms with Crippen LogP contribution in [-0.2, 0) is 29.6 Å². The Balaban J connectivity index is 0.000000151.